The number of nitrogens with one attached hydrogen (secondary N) is 2. The highest BCUT2D eigenvalue weighted by Gasteiger charge is 2.20. The van der Waals surface area contributed by atoms with Crippen molar-refractivity contribution >= 4 is 44.9 Å². The molecule has 3 aromatic heterocycles. The highest BCUT2D eigenvalue weighted by molar-refractivity contribution is 9.10. The van der Waals surface area contributed by atoms with Gasteiger partial charge in [-0.05, 0) is 35.8 Å². The van der Waals surface area contributed by atoms with Crippen LogP contribution < -0.4 is 15.4 Å². The minimum Gasteiger partial charge on any atom is -0.479 e. The predicted octanol–water partition coefficient (Wildman–Crippen LogP) is 4.14. The summed E-state index contributed by atoms with van der Waals surface area (Å²) in [6.07, 6.45) is 4.29. The number of nitrogens with zero attached hydrogens (tertiary/aromatic N) is 5. The highest BCUT2D eigenvalue weighted by Crippen LogP contribution is 2.34. The number of amides is 2. The Balaban J connectivity index is 1.87. The third-order valence-corrected chi connectivity index (χ3v) is 5.49. The molecule has 2 N–H and O–H groups in total. The van der Waals surface area contributed by atoms with E-state index in [9.17, 15) is 4.79 Å². The number of halogens is 2. The van der Waals surface area contributed by atoms with E-state index in [1.165, 1.54) is 30.4 Å². The van der Waals surface area contributed by atoms with Gasteiger partial charge in [-0.25, -0.2) is 4.79 Å². The molecule has 1 atom stereocenters. The number of carbonyl (C=O) groups is 1. The van der Waals surface area contributed by atoms with E-state index in [1.54, 1.807) is 13.3 Å². The molecule has 3 rings (SSSR count). The van der Waals surface area contributed by atoms with Crippen molar-refractivity contribution in [1.29, 1.82) is 0 Å². The van der Waals surface area contributed by atoms with Crippen LogP contribution in [0.1, 0.15) is 24.3 Å². The lowest BCUT2D eigenvalue weighted by molar-refractivity contribution is 0.119. The minimum atomic E-state index is -0.529. The molecule has 1 unspecified atom stereocenters. The van der Waals surface area contributed by atoms with Crippen LogP contribution in [0.4, 0.5) is 16.2 Å². The lowest BCUT2D eigenvalue weighted by atomic mass is 10.1. The first-order valence-electron chi connectivity index (χ1n) is 8.72. The number of rotatable bonds is 6. The number of hydrogen-bond acceptors (Lipinski definition) is 7. The Morgan fingerprint density at radius 1 is 1.23 bits per heavy atom. The topological polar surface area (TPSA) is 116 Å². The van der Waals surface area contributed by atoms with Crippen LogP contribution in [0.15, 0.2) is 29.1 Å². The molecule has 2 amide bonds. The van der Waals surface area contributed by atoms with E-state index in [4.69, 9.17) is 21.1 Å². The largest absolute Gasteiger partial charge is 0.479 e. The maximum absolute atomic E-state index is 12.7. The molecule has 0 saturated carbocycles. The SMILES string of the molecule is COc1nc(-n2nccn2)c(Cl)cc1NC(=O)Nc1cnc(C)c(Br)c1C(C)OC. The predicted molar refractivity (Wildman–Crippen MR) is 115 cm³/mol. The fourth-order valence-electron chi connectivity index (χ4n) is 2.66. The Bertz CT molecular complexity index is 1060. The van der Waals surface area contributed by atoms with Gasteiger partial charge < -0.3 is 20.1 Å². The summed E-state index contributed by atoms with van der Waals surface area (Å²) in [6.45, 7) is 3.73. The number of pyridine rings is 2. The van der Waals surface area contributed by atoms with Crippen LogP contribution in [-0.2, 0) is 4.74 Å². The molecule has 10 nitrogen and oxygen atoms in total. The van der Waals surface area contributed by atoms with E-state index in [0.29, 0.717) is 5.69 Å². The molecule has 12 heteroatoms. The van der Waals surface area contributed by atoms with Gasteiger partial charge in [0.1, 0.15) is 5.69 Å². The zero-order valence-corrected chi connectivity index (χ0v) is 18.9. The zero-order valence-electron chi connectivity index (χ0n) is 16.6. The summed E-state index contributed by atoms with van der Waals surface area (Å²) >= 11 is 9.81. The summed E-state index contributed by atoms with van der Waals surface area (Å²) in [7, 11) is 3.02. The van der Waals surface area contributed by atoms with E-state index in [2.05, 4.69) is 46.7 Å². The number of carbonyl (C=O) groups excluding carboxylic acids is 1. The highest BCUT2D eigenvalue weighted by atomic mass is 79.9. The van der Waals surface area contributed by atoms with Gasteiger partial charge in [0.05, 0.1) is 48.2 Å². The molecule has 0 radical (unpaired) electrons. The summed E-state index contributed by atoms with van der Waals surface area (Å²) in [6, 6.07) is 0.978. The molecule has 30 heavy (non-hydrogen) atoms. The van der Waals surface area contributed by atoms with Crippen LogP contribution in [-0.4, -0.2) is 45.2 Å². The fraction of sp³-hybridized carbons (Fsp3) is 0.278. The normalized spacial score (nSPS) is 11.8. The summed E-state index contributed by atoms with van der Waals surface area (Å²) < 4.78 is 11.5. The number of anilines is 2. The molecule has 0 aliphatic rings. The van der Waals surface area contributed by atoms with Gasteiger partial charge in [-0.15, -0.1) is 4.80 Å². The van der Waals surface area contributed by atoms with Crippen LogP contribution in [0, 0.1) is 6.92 Å². The van der Waals surface area contributed by atoms with Gasteiger partial charge in [-0.2, -0.15) is 15.2 Å². The Kier molecular flexibility index (Phi) is 6.85. The lowest BCUT2D eigenvalue weighted by Crippen LogP contribution is -2.22. The first-order valence-corrected chi connectivity index (χ1v) is 9.89. The standard InChI is InChI=1S/C18H19BrClN7O3/c1-9-15(19)14(10(2)29-3)13(8-21-9)25-18(28)24-12-7-11(20)16(26-17(12)30-4)27-22-5-6-23-27/h5-8,10H,1-4H3,(H2,24,25,28). The van der Waals surface area contributed by atoms with E-state index >= 15 is 0 Å². The molecule has 158 valence electrons. The molecule has 0 saturated heterocycles. The second-order valence-electron chi connectivity index (χ2n) is 6.11. The van der Waals surface area contributed by atoms with Gasteiger partial charge >= 0.3 is 6.03 Å². The minimum absolute atomic E-state index is 0.149. The van der Waals surface area contributed by atoms with Crippen molar-refractivity contribution in [3.8, 4) is 11.7 Å². The van der Waals surface area contributed by atoms with Crippen molar-refractivity contribution in [2.24, 2.45) is 0 Å². The summed E-state index contributed by atoms with van der Waals surface area (Å²) in [5.41, 5.74) is 2.31. The van der Waals surface area contributed by atoms with E-state index in [1.807, 2.05) is 13.8 Å². The molecule has 0 bridgehead atoms. The molecular formula is C18H19BrClN7O3. The molecule has 0 spiro atoms. The quantitative estimate of drug-likeness (QED) is 0.527. The number of aromatic nitrogens is 5. The number of urea groups is 1. The number of hydrogen-bond donors (Lipinski definition) is 2. The average molecular weight is 497 g/mol. The first-order chi connectivity index (χ1) is 14.3. The Morgan fingerprint density at radius 3 is 2.53 bits per heavy atom. The molecule has 3 aromatic rings. The van der Waals surface area contributed by atoms with Gasteiger partial charge in [-0.3, -0.25) is 4.98 Å². The van der Waals surface area contributed by atoms with Crippen LogP contribution >= 0.6 is 27.5 Å². The van der Waals surface area contributed by atoms with Crippen molar-refractivity contribution in [2.45, 2.75) is 20.0 Å². The van der Waals surface area contributed by atoms with Gasteiger partial charge in [-0.1, -0.05) is 11.6 Å². The van der Waals surface area contributed by atoms with Crippen LogP contribution in [0.5, 0.6) is 5.88 Å². The second kappa shape index (κ2) is 9.37. The van der Waals surface area contributed by atoms with Crippen LogP contribution in [0.25, 0.3) is 5.82 Å². The maximum atomic E-state index is 12.7. The van der Waals surface area contributed by atoms with Gasteiger partial charge in [0.15, 0.2) is 5.82 Å². The Hall–Kier alpha value is -2.76. The fourth-order valence-corrected chi connectivity index (χ4v) is 3.53. The molecule has 0 aromatic carbocycles. The molecule has 3 heterocycles. The molecule has 0 aliphatic heterocycles. The molecular weight excluding hydrogens is 478 g/mol. The Labute approximate surface area is 186 Å². The maximum Gasteiger partial charge on any atom is 0.323 e. The summed E-state index contributed by atoms with van der Waals surface area (Å²) in [4.78, 5) is 22.5. The molecule has 0 aliphatic carbocycles. The first kappa shape index (κ1) is 21.9. The van der Waals surface area contributed by atoms with Crippen LogP contribution in [0.3, 0.4) is 0 Å². The van der Waals surface area contributed by atoms with Crippen molar-refractivity contribution in [1.82, 2.24) is 25.0 Å². The van der Waals surface area contributed by atoms with Crippen molar-refractivity contribution in [2.75, 3.05) is 24.9 Å². The summed E-state index contributed by atoms with van der Waals surface area (Å²) in [5, 5.41) is 13.7. The molecule has 0 fully saturated rings. The van der Waals surface area contributed by atoms with Gasteiger partial charge in [0, 0.05) is 17.1 Å². The van der Waals surface area contributed by atoms with Crippen molar-refractivity contribution in [3.05, 3.63) is 45.4 Å². The average Bonchev–Trinajstić information content (AvgIpc) is 3.25. The third kappa shape index (κ3) is 4.53. The van der Waals surface area contributed by atoms with Crippen molar-refractivity contribution < 1.29 is 14.3 Å². The van der Waals surface area contributed by atoms with E-state index in [-0.39, 0.29) is 28.5 Å². The van der Waals surface area contributed by atoms with Gasteiger partial charge in [0.2, 0.25) is 5.88 Å². The van der Waals surface area contributed by atoms with E-state index < -0.39 is 6.03 Å². The van der Waals surface area contributed by atoms with Crippen LogP contribution in [0.2, 0.25) is 5.02 Å². The third-order valence-electron chi connectivity index (χ3n) is 4.21. The summed E-state index contributed by atoms with van der Waals surface area (Å²) in [5.74, 6) is 0.419. The zero-order chi connectivity index (χ0) is 21.8. The second-order valence-corrected chi connectivity index (χ2v) is 7.31. The monoisotopic (exact) mass is 495 g/mol. The van der Waals surface area contributed by atoms with Gasteiger partial charge in [0.25, 0.3) is 0 Å². The van der Waals surface area contributed by atoms with E-state index in [0.717, 1.165) is 15.7 Å². The Morgan fingerprint density at radius 2 is 1.90 bits per heavy atom. The van der Waals surface area contributed by atoms with Crippen molar-refractivity contribution in [3.63, 3.8) is 0 Å². The smallest absolute Gasteiger partial charge is 0.323 e. The number of ether oxygens (including phenoxy) is 2. The number of aryl methyl sites for hydroxylation is 1. The number of methoxy groups -OCH3 is 2. The lowest BCUT2D eigenvalue weighted by Gasteiger charge is -2.19.